The third-order valence-electron chi connectivity index (χ3n) is 2.78. The fraction of sp³-hybridized carbons (Fsp3) is 0.333. The van der Waals surface area contributed by atoms with Crippen molar-refractivity contribution < 1.29 is 4.79 Å². The second-order valence-corrected chi connectivity index (χ2v) is 5.95. The molecule has 2 rings (SSSR count). The quantitative estimate of drug-likeness (QED) is 0.841. The molecule has 0 saturated heterocycles. The van der Waals surface area contributed by atoms with Crippen LogP contribution in [0.1, 0.15) is 31.3 Å². The average Bonchev–Trinajstić information content (AvgIpc) is 2.85. The normalized spacial score (nSPS) is 11.3. The molecule has 3 N–H and O–H groups in total. The van der Waals surface area contributed by atoms with Crippen LogP contribution in [0.5, 0.6) is 0 Å². The molecule has 0 atom stereocenters. The first-order valence-corrected chi connectivity index (χ1v) is 6.55. The van der Waals surface area contributed by atoms with Gasteiger partial charge in [-0.2, -0.15) is 5.10 Å². The predicted octanol–water partition coefficient (Wildman–Crippen LogP) is 2.23. The Morgan fingerprint density at radius 2 is 2.00 bits per heavy atom. The van der Waals surface area contributed by atoms with Crippen molar-refractivity contribution in [3.05, 3.63) is 42.2 Å². The number of amides is 1. The lowest BCUT2D eigenvalue weighted by Crippen LogP contribution is -2.32. The zero-order valence-corrected chi connectivity index (χ0v) is 12.1. The maximum absolute atomic E-state index is 12.0. The van der Waals surface area contributed by atoms with Gasteiger partial charge in [-0.1, -0.05) is 32.9 Å². The van der Waals surface area contributed by atoms with Crippen molar-refractivity contribution in [3.8, 4) is 5.69 Å². The minimum absolute atomic E-state index is 0.0437. The van der Waals surface area contributed by atoms with Gasteiger partial charge in [0.15, 0.2) is 5.69 Å². The van der Waals surface area contributed by atoms with Crippen molar-refractivity contribution in [2.45, 2.75) is 20.8 Å². The number of nitrogens with one attached hydrogen (secondary N) is 1. The second-order valence-electron chi connectivity index (χ2n) is 5.95. The Balaban J connectivity index is 2.13. The monoisotopic (exact) mass is 272 g/mol. The molecule has 0 bridgehead atoms. The molecule has 1 aromatic carbocycles. The van der Waals surface area contributed by atoms with E-state index in [0.29, 0.717) is 17.9 Å². The number of carbonyl (C=O) groups is 1. The minimum Gasteiger partial charge on any atom is -0.397 e. The van der Waals surface area contributed by atoms with Crippen molar-refractivity contribution in [3.63, 3.8) is 0 Å². The van der Waals surface area contributed by atoms with Gasteiger partial charge >= 0.3 is 0 Å². The number of nitrogens with two attached hydrogens (primary N) is 1. The molecule has 0 fully saturated rings. The van der Waals surface area contributed by atoms with E-state index in [2.05, 4.69) is 31.2 Å². The van der Waals surface area contributed by atoms with Gasteiger partial charge in [0.1, 0.15) is 0 Å². The molecular formula is C15H20N4O. The van der Waals surface area contributed by atoms with Crippen LogP contribution in [-0.2, 0) is 0 Å². The Kier molecular flexibility index (Phi) is 3.79. The molecule has 1 aromatic heterocycles. The van der Waals surface area contributed by atoms with Crippen LogP contribution in [-0.4, -0.2) is 22.2 Å². The Morgan fingerprint density at radius 3 is 2.65 bits per heavy atom. The van der Waals surface area contributed by atoms with E-state index in [-0.39, 0.29) is 11.3 Å². The summed E-state index contributed by atoms with van der Waals surface area (Å²) in [5, 5.41) is 7.14. The van der Waals surface area contributed by atoms with Gasteiger partial charge in [0.2, 0.25) is 0 Å². The Bertz CT molecular complexity index is 610. The highest BCUT2D eigenvalue weighted by atomic mass is 16.1. The van der Waals surface area contributed by atoms with Crippen molar-refractivity contribution >= 4 is 11.6 Å². The van der Waals surface area contributed by atoms with Crippen LogP contribution in [0.4, 0.5) is 5.69 Å². The summed E-state index contributed by atoms with van der Waals surface area (Å²) in [6, 6.07) is 9.09. The molecule has 106 valence electrons. The predicted molar refractivity (Wildman–Crippen MR) is 79.8 cm³/mol. The van der Waals surface area contributed by atoms with Crippen molar-refractivity contribution in [2.24, 2.45) is 5.41 Å². The summed E-state index contributed by atoms with van der Waals surface area (Å²) >= 11 is 0. The minimum atomic E-state index is -0.173. The molecule has 0 unspecified atom stereocenters. The van der Waals surface area contributed by atoms with Gasteiger partial charge < -0.3 is 11.1 Å². The van der Waals surface area contributed by atoms with Gasteiger partial charge in [0.25, 0.3) is 5.91 Å². The number of rotatable bonds is 3. The first kappa shape index (κ1) is 14.1. The van der Waals surface area contributed by atoms with Gasteiger partial charge in [-0.3, -0.25) is 4.79 Å². The summed E-state index contributed by atoms with van der Waals surface area (Å²) in [4.78, 5) is 12.0. The highest BCUT2D eigenvalue weighted by Gasteiger charge is 2.15. The van der Waals surface area contributed by atoms with Gasteiger partial charge in [0.05, 0.1) is 11.4 Å². The van der Waals surface area contributed by atoms with Gasteiger partial charge in [0, 0.05) is 12.7 Å². The summed E-state index contributed by atoms with van der Waals surface area (Å²) in [5.74, 6) is -0.173. The summed E-state index contributed by atoms with van der Waals surface area (Å²) in [7, 11) is 0. The van der Waals surface area contributed by atoms with Crippen LogP contribution < -0.4 is 11.1 Å². The first-order valence-electron chi connectivity index (χ1n) is 6.55. The van der Waals surface area contributed by atoms with E-state index in [1.165, 1.54) is 0 Å². The van der Waals surface area contributed by atoms with E-state index in [4.69, 9.17) is 5.73 Å². The lowest BCUT2D eigenvalue weighted by atomic mass is 9.97. The maximum atomic E-state index is 12.0. The van der Waals surface area contributed by atoms with Gasteiger partial charge in [-0.25, -0.2) is 4.68 Å². The van der Waals surface area contributed by atoms with E-state index in [1.807, 2.05) is 18.2 Å². The van der Waals surface area contributed by atoms with Crippen molar-refractivity contribution in [1.29, 1.82) is 0 Å². The van der Waals surface area contributed by atoms with E-state index in [0.717, 1.165) is 5.69 Å². The van der Waals surface area contributed by atoms with Crippen molar-refractivity contribution in [2.75, 3.05) is 12.3 Å². The molecule has 5 heteroatoms. The molecule has 5 nitrogen and oxygen atoms in total. The average molecular weight is 272 g/mol. The molecule has 1 heterocycles. The second kappa shape index (κ2) is 5.36. The highest BCUT2D eigenvalue weighted by molar-refractivity contribution is 5.92. The van der Waals surface area contributed by atoms with Crippen LogP contribution in [0.15, 0.2) is 36.5 Å². The number of anilines is 1. The first-order chi connectivity index (χ1) is 9.37. The maximum Gasteiger partial charge on any atom is 0.271 e. The summed E-state index contributed by atoms with van der Waals surface area (Å²) < 4.78 is 1.61. The summed E-state index contributed by atoms with van der Waals surface area (Å²) in [6.07, 6.45) is 1.73. The van der Waals surface area contributed by atoms with Crippen LogP contribution in [0.25, 0.3) is 5.69 Å². The topological polar surface area (TPSA) is 72.9 Å². The van der Waals surface area contributed by atoms with E-state index in [9.17, 15) is 4.79 Å². The van der Waals surface area contributed by atoms with E-state index in [1.54, 1.807) is 23.0 Å². The van der Waals surface area contributed by atoms with E-state index >= 15 is 0 Å². The number of nitrogens with zero attached hydrogens (tertiary/aromatic N) is 2. The Morgan fingerprint density at radius 1 is 1.30 bits per heavy atom. The lowest BCUT2D eigenvalue weighted by Gasteiger charge is -2.18. The number of hydrogen-bond donors (Lipinski definition) is 2. The SMILES string of the molecule is CC(C)(C)CNC(=O)c1ccn(-c2ccccc2N)n1. The van der Waals surface area contributed by atoms with Crippen LogP contribution in [0.3, 0.4) is 0 Å². The van der Waals surface area contributed by atoms with Crippen molar-refractivity contribution in [1.82, 2.24) is 15.1 Å². The smallest absolute Gasteiger partial charge is 0.271 e. The molecule has 0 saturated carbocycles. The molecular weight excluding hydrogens is 252 g/mol. The molecule has 0 spiro atoms. The molecule has 1 amide bonds. The Hall–Kier alpha value is -2.30. The lowest BCUT2D eigenvalue weighted by molar-refractivity contribution is 0.0934. The number of carbonyl (C=O) groups excluding carboxylic acids is 1. The molecule has 20 heavy (non-hydrogen) atoms. The Labute approximate surface area is 118 Å². The number of benzene rings is 1. The fourth-order valence-corrected chi connectivity index (χ4v) is 1.71. The molecule has 0 aliphatic rings. The number of aromatic nitrogens is 2. The summed E-state index contributed by atoms with van der Waals surface area (Å²) in [5.41, 5.74) is 7.71. The number of para-hydroxylation sites is 2. The molecule has 0 aliphatic heterocycles. The summed E-state index contributed by atoms with van der Waals surface area (Å²) in [6.45, 7) is 6.80. The van der Waals surface area contributed by atoms with Gasteiger partial charge in [-0.05, 0) is 23.6 Å². The zero-order chi connectivity index (χ0) is 14.8. The molecule has 2 aromatic rings. The number of nitrogen functional groups attached to an aromatic ring is 1. The molecule has 0 aliphatic carbocycles. The number of hydrogen-bond acceptors (Lipinski definition) is 3. The van der Waals surface area contributed by atoms with Crippen LogP contribution in [0.2, 0.25) is 0 Å². The van der Waals surface area contributed by atoms with Crippen LogP contribution >= 0.6 is 0 Å². The third kappa shape index (κ3) is 3.38. The molecule has 0 radical (unpaired) electrons. The third-order valence-corrected chi connectivity index (χ3v) is 2.78. The fourth-order valence-electron chi connectivity index (χ4n) is 1.71. The largest absolute Gasteiger partial charge is 0.397 e. The zero-order valence-electron chi connectivity index (χ0n) is 12.1. The van der Waals surface area contributed by atoms with Crippen LogP contribution in [0, 0.1) is 5.41 Å². The van der Waals surface area contributed by atoms with Gasteiger partial charge in [-0.15, -0.1) is 0 Å². The highest BCUT2D eigenvalue weighted by Crippen LogP contribution is 2.16. The van der Waals surface area contributed by atoms with E-state index < -0.39 is 0 Å². The standard InChI is InChI=1S/C15H20N4O/c1-15(2,3)10-17-14(20)12-8-9-19(18-12)13-7-5-4-6-11(13)16/h4-9H,10,16H2,1-3H3,(H,17,20).